The summed E-state index contributed by atoms with van der Waals surface area (Å²) < 4.78 is 15.4. The van der Waals surface area contributed by atoms with E-state index in [1.165, 1.54) is 0 Å². The van der Waals surface area contributed by atoms with Crippen molar-refractivity contribution in [3.63, 3.8) is 0 Å². The molecule has 2 saturated heterocycles. The van der Waals surface area contributed by atoms with Crippen LogP contribution < -0.4 is 31.9 Å². The van der Waals surface area contributed by atoms with Crippen LogP contribution in [0.4, 0.5) is 11.9 Å². The minimum absolute atomic E-state index is 0.0721. The lowest BCUT2D eigenvalue weighted by Crippen LogP contribution is -2.58. The Morgan fingerprint density at radius 2 is 1.03 bits per heavy atom. The first-order valence-electron chi connectivity index (χ1n) is 23.8. The number of nitrogens with zero attached hydrogens (tertiary/aromatic N) is 10. The molecule has 70 heavy (non-hydrogen) atoms. The number of hydrogen-bond acceptors (Lipinski definition) is 16. The average Bonchev–Trinajstić information content (AvgIpc) is 4.23. The third kappa shape index (κ3) is 14.8. The average molecular weight is 963 g/mol. The van der Waals surface area contributed by atoms with Crippen LogP contribution in [-0.2, 0) is 54.8 Å². The molecule has 0 bridgehead atoms. The van der Waals surface area contributed by atoms with Gasteiger partial charge in [0.2, 0.25) is 35.5 Å². The number of benzene rings is 2. The van der Waals surface area contributed by atoms with Gasteiger partial charge >= 0.3 is 0 Å². The molecule has 0 radical (unpaired) electrons. The number of rotatable bonds is 24. The van der Waals surface area contributed by atoms with Gasteiger partial charge in [-0.3, -0.25) is 19.2 Å². The zero-order chi connectivity index (χ0) is 49.8. The molecule has 0 spiro atoms. The van der Waals surface area contributed by atoms with Crippen LogP contribution in [0.1, 0.15) is 64.5 Å². The van der Waals surface area contributed by atoms with E-state index < -0.39 is 36.4 Å². The normalized spacial score (nSPS) is 18.0. The lowest BCUT2D eigenvalue weighted by atomic mass is 10.1. The van der Waals surface area contributed by atoms with Gasteiger partial charge < -0.3 is 51.2 Å². The van der Waals surface area contributed by atoms with Crippen LogP contribution in [0.5, 0.6) is 0 Å². The van der Waals surface area contributed by atoms with E-state index in [9.17, 15) is 19.2 Å². The minimum atomic E-state index is -1.00. The fourth-order valence-electron chi connectivity index (χ4n) is 8.13. The quantitative estimate of drug-likeness (QED) is 0.0525. The molecular weight excluding hydrogens is 897 g/mol. The summed E-state index contributed by atoms with van der Waals surface area (Å²) in [6, 6.07) is 16.2. The minimum Gasteiger partial charge on any atom is -0.363 e. The maximum absolute atomic E-state index is 14.3. The first-order chi connectivity index (χ1) is 34.0. The van der Waals surface area contributed by atoms with E-state index in [0.29, 0.717) is 51.2 Å². The highest BCUT2D eigenvalue weighted by Gasteiger charge is 2.39. The summed E-state index contributed by atoms with van der Waals surface area (Å²) in [7, 11) is 3.34. The van der Waals surface area contributed by atoms with E-state index in [-0.39, 0.29) is 48.9 Å². The molecule has 2 fully saturated rings. The van der Waals surface area contributed by atoms with Gasteiger partial charge in [0.1, 0.15) is 25.3 Å². The maximum Gasteiger partial charge on any atom is 0.248 e. The van der Waals surface area contributed by atoms with Gasteiger partial charge in [-0.15, -0.1) is 0 Å². The highest BCUT2D eigenvalue weighted by molar-refractivity contribution is 5.91. The molecule has 4 aromatic rings. The third-order valence-corrected chi connectivity index (χ3v) is 12.5. The van der Waals surface area contributed by atoms with Crippen molar-refractivity contribution in [2.75, 3.05) is 51.0 Å². The molecule has 4 amide bonds. The van der Waals surface area contributed by atoms with Crippen LogP contribution in [-0.4, -0.2) is 163 Å². The summed E-state index contributed by atoms with van der Waals surface area (Å²) in [6.07, 6.45) is 1.52. The SMILES string of the molecule is CNC(C)C(=O)NC(C(=O)N1CCCC1Cn1nnnc1NCc1ccccc1)C(C)OCC#CC#CCOC(C)C(NC(=O)C(C)NC)C(=O)N1CCCC1Cn1nnnc1NCc1ccccc1. The first kappa shape index (κ1) is 52.4. The van der Waals surface area contributed by atoms with Crippen molar-refractivity contribution in [1.82, 2.24) is 71.5 Å². The molecule has 6 rings (SSSR count). The van der Waals surface area contributed by atoms with E-state index in [1.54, 1.807) is 61.0 Å². The first-order valence-corrected chi connectivity index (χ1v) is 23.8. The van der Waals surface area contributed by atoms with Gasteiger partial charge in [0.05, 0.1) is 49.5 Å². The van der Waals surface area contributed by atoms with Crippen molar-refractivity contribution < 1.29 is 28.7 Å². The Bertz CT molecular complexity index is 2260. The summed E-state index contributed by atoms with van der Waals surface area (Å²) in [5.41, 5.74) is 2.15. The standard InChI is InChI=1S/C48H66N16O6/c1-33(49-5)43(65)53-41(45(67)61-25-17-23-39(61)31-63-47(55-57-59-63)51-29-37-19-11-9-12-20-37)35(3)69-27-15-7-8-16-28-70-36(4)42(54-44(66)34(2)50-6)46(68)62-26-18-24-40(62)32-64-48(56-58-60-64)52-30-38-21-13-10-14-22-38/h9-14,19-22,33-36,39-42,49-50H,17-18,23-32H2,1-6H3,(H,53,65)(H,54,66)(H,51,55,59)(H,52,56,60). The van der Waals surface area contributed by atoms with Crippen molar-refractivity contribution in [2.24, 2.45) is 0 Å². The number of aromatic nitrogens is 8. The van der Waals surface area contributed by atoms with Crippen LogP contribution >= 0.6 is 0 Å². The summed E-state index contributed by atoms with van der Waals surface area (Å²) in [5.74, 6) is 10.9. The fraction of sp³-hybridized carbons (Fsp3) is 0.542. The second-order valence-electron chi connectivity index (χ2n) is 17.3. The highest BCUT2D eigenvalue weighted by atomic mass is 16.5. The van der Waals surface area contributed by atoms with Crippen molar-refractivity contribution in [1.29, 1.82) is 0 Å². The van der Waals surface area contributed by atoms with Crippen LogP contribution in [0.25, 0.3) is 0 Å². The number of carbonyl (C=O) groups excluding carboxylic acids is 4. The molecule has 0 saturated carbocycles. The second kappa shape index (κ2) is 26.7. The molecule has 2 aliphatic heterocycles. The number of ether oxygens (including phenoxy) is 2. The molecule has 2 aliphatic rings. The molecule has 6 N–H and O–H groups in total. The Hall–Kier alpha value is -6.98. The number of anilines is 2. The van der Waals surface area contributed by atoms with Gasteiger partial charge in [0.15, 0.2) is 0 Å². The van der Waals surface area contributed by atoms with Crippen molar-refractivity contribution in [3.8, 4) is 23.7 Å². The second-order valence-corrected chi connectivity index (χ2v) is 17.3. The van der Waals surface area contributed by atoms with Crippen molar-refractivity contribution in [2.45, 2.75) is 128 Å². The number of nitrogens with one attached hydrogen (secondary N) is 6. The number of tetrazole rings is 2. The molecule has 22 heteroatoms. The smallest absolute Gasteiger partial charge is 0.248 e. The summed E-state index contributed by atoms with van der Waals surface area (Å²) in [4.78, 5) is 58.3. The monoisotopic (exact) mass is 963 g/mol. The van der Waals surface area contributed by atoms with Crippen LogP contribution in [0.3, 0.4) is 0 Å². The predicted molar refractivity (Wildman–Crippen MR) is 260 cm³/mol. The molecular formula is C48H66N16O6. The van der Waals surface area contributed by atoms with E-state index in [1.807, 2.05) is 60.7 Å². The maximum atomic E-state index is 14.3. The topological polar surface area (TPSA) is 253 Å². The number of likely N-dealkylation sites (N-methyl/N-ethyl adjacent to an activating group) is 2. The van der Waals surface area contributed by atoms with Gasteiger partial charge in [0.25, 0.3) is 0 Å². The fourth-order valence-corrected chi connectivity index (χ4v) is 8.13. The number of likely N-dealkylation sites (tertiary alicyclic amines) is 2. The summed E-state index contributed by atoms with van der Waals surface area (Å²) in [5, 5.41) is 42.6. The summed E-state index contributed by atoms with van der Waals surface area (Å²) in [6.45, 7) is 9.51. The third-order valence-electron chi connectivity index (χ3n) is 12.5. The molecule has 8 atom stereocenters. The van der Waals surface area contributed by atoms with Gasteiger partial charge in [-0.05, 0) is 111 Å². The highest BCUT2D eigenvalue weighted by Crippen LogP contribution is 2.24. The molecule has 22 nitrogen and oxygen atoms in total. The Labute approximate surface area is 409 Å². The lowest BCUT2D eigenvalue weighted by molar-refractivity contribution is -0.141. The van der Waals surface area contributed by atoms with Gasteiger partial charge in [-0.25, -0.2) is 9.36 Å². The van der Waals surface area contributed by atoms with Crippen molar-refractivity contribution >= 4 is 35.5 Å². The molecule has 4 heterocycles. The molecule has 2 aromatic heterocycles. The van der Waals surface area contributed by atoms with E-state index in [4.69, 9.17) is 9.47 Å². The zero-order valence-corrected chi connectivity index (χ0v) is 40.8. The van der Waals surface area contributed by atoms with E-state index in [0.717, 1.165) is 36.8 Å². The number of hydrogen-bond donors (Lipinski definition) is 6. The molecule has 0 aliphatic carbocycles. The Morgan fingerprint density at radius 3 is 1.41 bits per heavy atom. The van der Waals surface area contributed by atoms with Gasteiger partial charge in [0, 0.05) is 26.2 Å². The Kier molecular flexibility index (Phi) is 20.0. The van der Waals surface area contributed by atoms with Gasteiger partial charge in [-0.1, -0.05) is 82.7 Å². The predicted octanol–water partition coefficient (Wildman–Crippen LogP) is 0.568. The van der Waals surface area contributed by atoms with Crippen LogP contribution in [0.15, 0.2) is 60.7 Å². The van der Waals surface area contributed by atoms with E-state index >= 15 is 0 Å². The largest absolute Gasteiger partial charge is 0.363 e. The van der Waals surface area contributed by atoms with Crippen LogP contribution in [0.2, 0.25) is 0 Å². The van der Waals surface area contributed by atoms with Crippen LogP contribution in [0, 0.1) is 23.7 Å². The number of amides is 4. The lowest BCUT2D eigenvalue weighted by Gasteiger charge is -2.32. The van der Waals surface area contributed by atoms with Gasteiger partial charge in [-0.2, -0.15) is 0 Å². The van der Waals surface area contributed by atoms with E-state index in [2.05, 4.69) is 86.6 Å². The van der Waals surface area contributed by atoms with Crippen molar-refractivity contribution in [3.05, 3.63) is 71.8 Å². The molecule has 8 unspecified atom stereocenters. The Morgan fingerprint density at radius 1 is 0.629 bits per heavy atom. The Balaban J connectivity index is 1.03. The summed E-state index contributed by atoms with van der Waals surface area (Å²) >= 11 is 0. The zero-order valence-electron chi connectivity index (χ0n) is 40.8. The molecule has 374 valence electrons. The number of carbonyl (C=O) groups is 4. The molecule has 2 aromatic carbocycles.